The molecule has 0 saturated carbocycles. The number of likely N-dealkylation sites (N-methyl/N-ethyl adjacent to an activating group) is 1. The fraction of sp³-hybridized carbons (Fsp3) is 0.455. The normalized spacial score (nSPS) is 10.3. The summed E-state index contributed by atoms with van der Waals surface area (Å²) in [6.45, 7) is 3.35. The molecule has 0 aliphatic heterocycles. The molecule has 2 N–H and O–H groups in total. The molecule has 0 heterocycles. The van der Waals surface area contributed by atoms with Gasteiger partial charge in [0.1, 0.15) is 0 Å². The first-order chi connectivity index (χ1) is 7.19. The summed E-state index contributed by atoms with van der Waals surface area (Å²) in [7, 11) is 1.92. The van der Waals surface area contributed by atoms with Gasteiger partial charge in [0.25, 0.3) is 0 Å². The van der Waals surface area contributed by atoms with Crippen LogP contribution in [0.3, 0.4) is 0 Å². The first kappa shape index (κ1) is 12.3. The fourth-order valence-corrected chi connectivity index (χ4v) is 1.80. The van der Waals surface area contributed by atoms with Crippen LogP contribution in [0, 0.1) is 0 Å². The van der Waals surface area contributed by atoms with E-state index in [9.17, 15) is 5.11 Å². The van der Waals surface area contributed by atoms with Crippen molar-refractivity contribution in [2.45, 2.75) is 13.3 Å². The Hall–Kier alpha value is -0.740. The monoisotopic (exact) mass is 273 g/mol. The van der Waals surface area contributed by atoms with E-state index in [0.29, 0.717) is 16.8 Å². The zero-order valence-corrected chi connectivity index (χ0v) is 10.6. The molecule has 0 atom stereocenters. The van der Waals surface area contributed by atoms with E-state index < -0.39 is 0 Å². The topological polar surface area (TPSA) is 41.5 Å². The second-order valence-corrected chi connectivity index (χ2v) is 4.07. The van der Waals surface area contributed by atoms with Gasteiger partial charge in [-0.2, -0.15) is 0 Å². The van der Waals surface area contributed by atoms with Crippen LogP contribution >= 0.6 is 15.9 Å². The lowest BCUT2D eigenvalue weighted by atomic mass is 10.1. The van der Waals surface area contributed by atoms with Gasteiger partial charge in [-0.3, -0.25) is 0 Å². The Morgan fingerprint density at radius 3 is 2.80 bits per heavy atom. The lowest BCUT2D eigenvalue weighted by Gasteiger charge is -2.10. The maximum absolute atomic E-state index is 9.69. The van der Waals surface area contributed by atoms with Crippen molar-refractivity contribution < 1.29 is 9.84 Å². The molecule has 0 fully saturated rings. The molecule has 4 heteroatoms. The van der Waals surface area contributed by atoms with Gasteiger partial charge >= 0.3 is 0 Å². The molecule has 0 saturated heterocycles. The molecular formula is C11H16BrNO2. The summed E-state index contributed by atoms with van der Waals surface area (Å²) in [4.78, 5) is 0. The van der Waals surface area contributed by atoms with Gasteiger partial charge in [0.05, 0.1) is 11.1 Å². The lowest BCUT2D eigenvalue weighted by molar-refractivity contribution is 0.317. The minimum atomic E-state index is 0.171. The van der Waals surface area contributed by atoms with Crippen LogP contribution in [-0.4, -0.2) is 25.3 Å². The number of hydrogen-bond acceptors (Lipinski definition) is 3. The number of halogens is 1. The van der Waals surface area contributed by atoms with E-state index in [2.05, 4.69) is 21.2 Å². The van der Waals surface area contributed by atoms with Gasteiger partial charge in [-0.05, 0) is 60.6 Å². The largest absolute Gasteiger partial charge is 0.503 e. The van der Waals surface area contributed by atoms with Crippen molar-refractivity contribution >= 4 is 15.9 Å². The molecule has 0 bridgehead atoms. The third kappa shape index (κ3) is 3.39. The highest BCUT2D eigenvalue weighted by atomic mass is 79.9. The van der Waals surface area contributed by atoms with E-state index in [-0.39, 0.29) is 5.75 Å². The fourth-order valence-electron chi connectivity index (χ4n) is 1.31. The van der Waals surface area contributed by atoms with Gasteiger partial charge in [-0.1, -0.05) is 0 Å². The number of aromatic hydroxyl groups is 1. The highest BCUT2D eigenvalue weighted by molar-refractivity contribution is 9.10. The SMILES string of the molecule is CCOc1cc(CCNC)cc(Br)c1O. The molecule has 0 aromatic heterocycles. The average molecular weight is 274 g/mol. The van der Waals surface area contributed by atoms with Gasteiger partial charge < -0.3 is 15.2 Å². The molecule has 1 aromatic rings. The van der Waals surface area contributed by atoms with Crippen molar-refractivity contribution in [3.8, 4) is 11.5 Å². The number of rotatable bonds is 5. The quantitative estimate of drug-likeness (QED) is 0.865. The maximum atomic E-state index is 9.69. The summed E-state index contributed by atoms with van der Waals surface area (Å²) < 4.78 is 6.02. The molecule has 0 aliphatic carbocycles. The predicted molar refractivity (Wildman–Crippen MR) is 64.6 cm³/mol. The summed E-state index contributed by atoms with van der Waals surface area (Å²) in [5.41, 5.74) is 1.14. The molecule has 0 amide bonds. The van der Waals surface area contributed by atoms with Gasteiger partial charge in [0, 0.05) is 0 Å². The van der Waals surface area contributed by atoms with Crippen molar-refractivity contribution in [2.75, 3.05) is 20.2 Å². The van der Waals surface area contributed by atoms with Crippen LogP contribution in [-0.2, 0) is 6.42 Å². The van der Waals surface area contributed by atoms with E-state index in [0.717, 1.165) is 18.5 Å². The summed E-state index contributed by atoms with van der Waals surface area (Å²) >= 11 is 3.31. The Morgan fingerprint density at radius 1 is 1.47 bits per heavy atom. The molecule has 0 radical (unpaired) electrons. The first-order valence-electron chi connectivity index (χ1n) is 4.97. The van der Waals surface area contributed by atoms with Gasteiger partial charge in [0.15, 0.2) is 11.5 Å². The lowest BCUT2D eigenvalue weighted by Crippen LogP contribution is -2.10. The second kappa shape index (κ2) is 5.98. The summed E-state index contributed by atoms with van der Waals surface area (Å²) in [6.07, 6.45) is 0.912. The number of benzene rings is 1. The smallest absolute Gasteiger partial charge is 0.172 e. The Morgan fingerprint density at radius 2 is 2.20 bits per heavy atom. The van der Waals surface area contributed by atoms with E-state index in [4.69, 9.17) is 4.74 Å². The van der Waals surface area contributed by atoms with Crippen molar-refractivity contribution in [1.29, 1.82) is 0 Å². The Bertz CT molecular complexity index is 329. The number of ether oxygens (including phenoxy) is 1. The number of hydrogen-bond donors (Lipinski definition) is 2. The van der Waals surface area contributed by atoms with Crippen LogP contribution in [0.25, 0.3) is 0 Å². The third-order valence-electron chi connectivity index (χ3n) is 2.05. The van der Waals surface area contributed by atoms with Crippen molar-refractivity contribution in [3.63, 3.8) is 0 Å². The van der Waals surface area contributed by atoms with Crippen LogP contribution in [0.5, 0.6) is 11.5 Å². The van der Waals surface area contributed by atoms with Gasteiger partial charge in [-0.25, -0.2) is 0 Å². The minimum absolute atomic E-state index is 0.171. The van der Waals surface area contributed by atoms with E-state index in [1.807, 2.05) is 26.1 Å². The van der Waals surface area contributed by atoms with Crippen molar-refractivity contribution in [2.24, 2.45) is 0 Å². The van der Waals surface area contributed by atoms with Crippen molar-refractivity contribution in [1.82, 2.24) is 5.32 Å². The molecule has 1 aromatic carbocycles. The van der Waals surface area contributed by atoms with Gasteiger partial charge in [-0.15, -0.1) is 0 Å². The Labute approximate surface area is 98.6 Å². The zero-order valence-electron chi connectivity index (χ0n) is 9.01. The predicted octanol–water partition coefficient (Wildman–Crippen LogP) is 2.32. The minimum Gasteiger partial charge on any atom is -0.503 e. The molecule has 1 rings (SSSR count). The molecule has 0 spiro atoms. The van der Waals surface area contributed by atoms with E-state index in [1.165, 1.54) is 0 Å². The molecule has 84 valence electrons. The number of nitrogens with one attached hydrogen (secondary N) is 1. The third-order valence-corrected chi connectivity index (χ3v) is 2.66. The van der Waals surface area contributed by atoms with Crippen LogP contribution in [0.4, 0.5) is 0 Å². The maximum Gasteiger partial charge on any atom is 0.172 e. The summed E-state index contributed by atoms with van der Waals surface area (Å²) in [6, 6.07) is 3.79. The number of phenols is 1. The molecule has 3 nitrogen and oxygen atoms in total. The molecular weight excluding hydrogens is 258 g/mol. The van der Waals surface area contributed by atoms with Crippen LogP contribution in [0.2, 0.25) is 0 Å². The second-order valence-electron chi connectivity index (χ2n) is 3.21. The van der Waals surface area contributed by atoms with Gasteiger partial charge in [0.2, 0.25) is 0 Å². The highest BCUT2D eigenvalue weighted by Gasteiger charge is 2.08. The highest BCUT2D eigenvalue weighted by Crippen LogP contribution is 2.35. The molecule has 15 heavy (non-hydrogen) atoms. The van der Waals surface area contributed by atoms with Crippen LogP contribution in [0.1, 0.15) is 12.5 Å². The zero-order chi connectivity index (χ0) is 11.3. The molecule has 0 aliphatic rings. The number of phenolic OH excluding ortho intramolecular Hbond substituents is 1. The van der Waals surface area contributed by atoms with Crippen LogP contribution in [0.15, 0.2) is 16.6 Å². The molecule has 0 unspecified atom stereocenters. The van der Waals surface area contributed by atoms with E-state index >= 15 is 0 Å². The average Bonchev–Trinajstić information content (AvgIpc) is 2.22. The van der Waals surface area contributed by atoms with E-state index in [1.54, 1.807) is 0 Å². The Kier molecular flexibility index (Phi) is 4.91. The standard InChI is InChI=1S/C11H16BrNO2/c1-3-15-10-7-8(4-5-13-2)6-9(12)11(10)14/h6-7,13-14H,3-5H2,1-2H3. The Balaban J connectivity index is 2.90. The summed E-state index contributed by atoms with van der Waals surface area (Å²) in [5.74, 6) is 0.711. The first-order valence-corrected chi connectivity index (χ1v) is 5.77. The van der Waals surface area contributed by atoms with Crippen molar-refractivity contribution in [3.05, 3.63) is 22.2 Å². The summed E-state index contributed by atoms with van der Waals surface area (Å²) in [5, 5.41) is 12.8. The van der Waals surface area contributed by atoms with Crippen LogP contribution < -0.4 is 10.1 Å².